The third-order valence-corrected chi connectivity index (χ3v) is 6.09. The van der Waals surface area contributed by atoms with E-state index in [-0.39, 0.29) is 13.2 Å². The summed E-state index contributed by atoms with van der Waals surface area (Å²) in [5, 5.41) is 3.16. The Morgan fingerprint density at radius 3 is 1.94 bits per heavy atom. The maximum Gasteiger partial charge on any atom is 0.344 e. The Morgan fingerprint density at radius 1 is 0.697 bits per heavy atom. The summed E-state index contributed by atoms with van der Waals surface area (Å²) in [6.07, 6.45) is 0. The molecule has 0 unspecified atom stereocenters. The molecule has 0 aliphatic carbocycles. The average molecular weight is 477 g/mol. The molecule has 0 bridgehead atoms. The number of hydrogen-bond acceptors (Lipinski definition) is 4. The third-order valence-electron chi connectivity index (χ3n) is 5.35. The number of benzene rings is 4. The Kier molecular flexibility index (Phi) is 5.95. The highest BCUT2D eigenvalue weighted by atomic mass is 35.5. The van der Waals surface area contributed by atoms with E-state index in [4.69, 9.17) is 37.1 Å². The zero-order valence-electron chi connectivity index (χ0n) is 17.4. The van der Waals surface area contributed by atoms with Gasteiger partial charge in [-0.25, -0.2) is 4.79 Å². The van der Waals surface area contributed by atoms with Crippen molar-refractivity contribution in [3.63, 3.8) is 0 Å². The SMILES string of the molecule is O=c1oc2cc(OCc3ccccc3Cl)cc(OCc3ccccc3Cl)c2c2ccccc12. The van der Waals surface area contributed by atoms with Crippen molar-refractivity contribution in [3.05, 3.63) is 117 Å². The molecule has 0 saturated carbocycles. The summed E-state index contributed by atoms with van der Waals surface area (Å²) < 4.78 is 17.8. The van der Waals surface area contributed by atoms with Gasteiger partial charge in [0.25, 0.3) is 0 Å². The lowest BCUT2D eigenvalue weighted by molar-refractivity contribution is 0.292. The average Bonchev–Trinajstić information content (AvgIpc) is 2.83. The molecule has 0 aliphatic heterocycles. The topological polar surface area (TPSA) is 48.7 Å². The maximum absolute atomic E-state index is 12.6. The van der Waals surface area contributed by atoms with Crippen molar-refractivity contribution >= 4 is 44.9 Å². The molecule has 5 aromatic rings. The van der Waals surface area contributed by atoms with Gasteiger partial charge in [-0.3, -0.25) is 0 Å². The van der Waals surface area contributed by atoms with Crippen LogP contribution < -0.4 is 15.1 Å². The molecule has 6 heteroatoms. The first-order valence-corrected chi connectivity index (χ1v) is 11.1. The van der Waals surface area contributed by atoms with Crippen LogP contribution in [0.5, 0.6) is 11.5 Å². The quantitative estimate of drug-likeness (QED) is 0.189. The zero-order valence-corrected chi connectivity index (χ0v) is 18.9. The van der Waals surface area contributed by atoms with Crippen LogP contribution in [0.4, 0.5) is 0 Å². The van der Waals surface area contributed by atoms with Gasteiger partial charge < -0.3 is 13.9 Å². The predicted molar refractivity (Wildman–Crippen MR) is 132 cm³/mol. The van der Waals surface area contributed by atoms with E-state index in [1.165, 1.54) is 0 Å². The molecule has 0 radical (unpaired) electrons. The van der Waals surface area contributed by atoms with Crippen LogP contribution in [0.25, 0.3) is 21.7 Å². The molecule has 0 spiro atoms. The predicted octanol–water partition coefficient (Wildman–Crippen LogP) is 7.41. The van der Waals surface area contributed by atoms with Crippen molar-refractivity contribution < 1.29 is 13.9 Å². The second-order valence-corrected chi connectivity index (χ2v) is 8.30. The van der Waals surface area contributed by atoms with Crippen molar-refractivity contribution in [1.82, 2.24) is 0 Å². The van der Waals surface area contributed by atoms with Crippen LogP contribution in [-0.4, -0.2) is 0 Å². The molecule has 33 heavy (non-hydrogen) atoms. The van der Waals surface area contributed by atoms with E-state index in [0.717, 1.165) is 16.5 Å². The number of fused-ring (bicyclic) bond motifs is 3. The van der Waals surface area contributed by atoms with E-state index in [2.05, 4.69) is 0 Å². The minimum Gasteiger partial charge on any atom is -0.489 e. The van der Waals surface area contributed by atoms with Crippen molar-refractivity contribution in [3.8, 4) is 11.5 Å². The van der Waals surface area contributed by atoms with Crippen molar-refractivity contribution in [2.24, 2.45) is 0 Å². The summed E-state index contributed by atoms with van der Waals surface area (Å²) in [5.41, 5.74) is 1.65. The van der Waals surface area contributed by atoms with Gasteiger partial charge in [0.1, 0.15) is 30.3 Å². The molecular weight excluding hydrogens is 459 g/mol. The van der Waals surface area contributed by atoms with Crippen LogP contribution in [0.3, 0.4) is 0 Å². The Morgan fingerprint density at radius 2 is 1.27 bits per heavy atom. The van der Waals surface area contributed by atoms with Gasteiger partial charge in [-0.1, -0.05) is 77.8 Å². The van der Waals surface area contributed by atoms with Gasteiger partial charge in [-0.2, -0.15) is 0 Å². The molecule has 1 heterocycles. The Balaban J connectivity index is 1.59. The minimum absolute atomic E-state index is 0.246. The van der Waals surface area contributed by atoms with Crippen molar-refractivity contribution in [1.29, 1.82) is 0 Å². The van der Waals surface area contributed by atoms with Gasteiger partial charge in [0, 0.05) is 38.7 Å². The van der Waals surface area contributed by atoms with Gasteiger partial charge in [-0.05, 0) is 18.2 Å². The normalized spacial score (nSPS) is 11.1. The maximum atomic E-state index is 12.6. The molecule has 5 rings (SSSR count). The van der Waals surface area contributed by atoms with Crippen LogP contribution in [0, 0.1) is 0 Å². The second-order valence-electron chi connectivity index (χ2n) is 7.49. The Bertz CT molecular complexity index is 1520. The molecule has 1 aromatic heterocycles. The van der Waals surface area contributed by atoms with E-state index >= 15 is 0 Å². The van der Waals surface area contributed by atoms with Crippen molar-refractivity contribution in [2.75, 3.05) is 0 Å². The summed E-state index contributed by atoms with van der Waals surface area (Å²) >= 11 is 12.6. The molecule has 0 amide bonds. The van der Waals surface area contributed by atoms with E-state index in [9.17, 15) is 4.79 Å². The van der Waals surface area contributed by atoms with Crippen LogP contribution >= 0.6 is 23.2 Å². The molecule has 164 valence electrons. The lowest BCUT2D eigenvalue weighted by Crippen LogP contribution is -2.03. The fraction of sp³-hybridized carbons (Fsp3) is 0.0741. The summed E-state index contributed by atoms with van der Waals surface area (Å²) in [4.78, 5) is 12.6. The summed E-state index contributed by atoms with van der Waals surface area (Å²) in [7, 11) is 0. The van der Waals surface area contributed by atoms with Gasteiger partial charge in [0.2, 0.25) is 0 Å². The summed E-state index contributed by atoms with van der Waals surface area (Å²) in [5.74, 6) is 1.02. The summed E-state index contributed by atoms with van der Waals surface area (Å²) in [6.45, 7) is 0.503. The van der Waals surface area contributed by atoms with E-state index < -0.39 is 5.63 Å². The zero-order chi connectivity index (χ0) is 22.8. The molecule has 0 fully saturated rings. The van der Waals surface area contributed by atoms with Gasteiger partial charge in [-0.15, -0.1) is 0 Å². The first-order valence-electron chi connectivity index (χ1n) is 10.3. The van der Waals surface area contributed by atoms with E-state index in [1.54, 1.807) is 24.3 Å². The Hall–Kier alpha value is -3.47. The summed E-state index contributed by atoms with van der Waals surface area (Å²) in [6, 6.07) is 25.7. The highest BCUT2D eigenvalue weighted by Gasteiger charge is 2.15. The number of rotatable bonds is 6. The highest BCUT2D eigenvalue weighted by molar-refractivity contribution is 6.31. The highest BCUT2D eigenvalue weighted by Crippen LogP contribution is 2.36. The van der Waals surface area contributed by atoms with Crippen LogP contribution in [0.1, 0.15) is 11.1 Å². The minimum atomic E-state index is -0.418. The van der Waals surface area contributed by atoms with E-state index in [1.807, 2.05) is 60.7 Å². The van der Waals surface area contributed by atoms with Crippen LogP contribution in [-0.2, 0) is 13.2 Å². The fourth-order valence-corrected chi connectivity index (χ4v) is 4.07. The lowest BCUT2D eigenvalue weighted by Gasteiger charge is -2.14. The number of halogens is 2. The first-order chi connectivity index (χ1) is 16.1. The molecule has 0 saturated heterocycles. The Labute approximate surface area is 199 Å². The molecular formula is C27H18Cl2O4. The largest absolute Gasteiger partial charge is 0.489 e. The molecule has 4 aromatic carbocycles. The number of hydrogen-bond donors (Lipinski definition) is 0. The second kappa shape index (κ2) is 9.18. The van der Waals surface area contributed by atoms with Gasteiger partial charge in [0.05, 0.1) is 10.8 Å². The molecule has 0 N–H and O–H groups in total. The van der Waals surface area contributed by atoms with Gasteiger partial charge in [0.15, 0.2) is 0 Å². The van der Waals surface area contributed by atoms with E-state index in [0.29, 0.717) is 37.9 Å². The van der Waals surface area contributed by atoms with Crippen LogP contribution in [0.15, 0.2) is 94.1 Å². The van der Waals surface area contributed by atoms with Crippen LogP contribution in [0.2, 0.25) is 10.0 Å². The monoisotopic (exact) mass is 476 g/mol. The third kappa shape index (κ3) is 4.40. The standard InChI is InChI=1S/C27H18Cl2O4/c28-22-11-5-1-7-17(22)15-31-19-13-24(32-16-18-8-2-6-12-23(18)29)26-20-9-3-4-10-21(20)27(30)33-25(26)14-19/h1-14H,15-16H2. The first kappa shape index (κ1) is 21.4. The molecule has 4 nitrogen and oxygen atoms in total. The fourth-order valence-electron chi connectivity index (χ4n) is 3.69. The smallest absolute Gasteiger partial charge is 0.344 e. The number of ether oxygens (including phenoxy) is 2. The lowest BCUT2D eigenvalue weighted by atomic mass is 10.1. The molecule has 0 aliphatic rings. The van der Waals surface area contributed by atoms with Gasteiger partial charge >= 0.3 is 5.63 Å². The molecule has 0 atom stereocenters. The van der Waals surface area contributed by atoms with Crippen molar-refractivity contribution in [2.45, 2.75) is 13.2 Å².